The maximum absolute atomic E-state index is 12.5. The van der Waals surface area contributed by atoms with E-state index < -0.39 is 0 Å². The molecule has 222 valence electrons. The summed E-state index contributed by atoms with van der Waals surface area (Å²) in [5, 5.41) is 8.60. The van der Waals surface area contributed by atoms with Gasteiger partial charge in [0.25, 0.3) is 0 Å². The van der Waals surface area contributed by atoms with Gasteiger partial charge in [0.05, 0.1) is 16.8 Å². The van der Waals surface area contributed by atoms with Crippen molar-refractivity contribution in [2.24, 2.45) is 0 Å². The number of carbonyl (C=O) groups excluding carboxylic acids is 3. The second-order valence-electron chi connectivity index (χ2n) is 12.6. The van der Waals surface area contributed by atoms with Crippen molar-refractivity contribution >= 4 is 34.8 Å². The summed E-state index contributed by atoms with van der Waals surface area (Å²) in [5.41, 5.74) is 0.682. The first-order valence-electron chi connectivity index (χ1n) is 13.9. The van der Waals surface area contributed by atoms with Gasteiger partial charge in [-0.1, -0.05) is 0 Å². The van der Waals surface area contributed by atoms with Crippen LogP contribution in [-0.4, -0.2) is 54.3 Å². The van der Waals surface area contributed by atoms with Gasteiger partial charge in [-0.3, -0.25) is 14.4 Å². The zero-order valence-electron chi connectivity index (χ0n) is 25.5. The van der Waals surface area contributed by atoms with Crippen LogP contribution in [0.15, 0.2) is 18.2 Å². The van der Waals surface area contributed by atoms with Crippen LogP contribution in [0, 0.1) is 0 Å². The maximum atomic E-state index is 12.5. The van der Waals surface area contributed by atoms with E-state index in [-0.39, 0.29) is 53.8 Å². The summed E-state index contributed by atoms with van der Waals surface area (Å²) < 4.78 is 17.0. The number of nitrogens with one attached hydrogen (secondary N) is 3. The fourth-order valence-electron chi connectivity index (χ4n) is 3.35. The quantitative estimate of drug-likeness (QED) is 0.222. The van der Waals surface area contributed by atoms with Crippen LogP contribution in [0.3, 0.4) is 0 Å². The number of amides is 3. The normalized spacial score (nSPS) is 12.2. The minimum atomic E-state index is -0.256. The Morgan fingerprint density at radius 2 is 0.744 bits per heavy atom. The van der Waals surface area contributed by atoms with Gasteiger partial charge in [0.1, 0.15) is 0 Å². The fourth-order valence-corrected chi connectivity index (χ4v) is 3.35. The molecule has 0 aromatic heterocycles. The predicted octanol–water partition coefficient (Wildman–Crippen LogP) is 6.29. The lowest BCUT2D eigenvalue weighted by molar-refractivity contribution is -0.117. The van der Waals surface area contributed by atoms with E-state index in [0.29, 0.717) is 56.1 Å². The third-order valence-electron chi connectivity index (χ3n) is 5.03. The Morgan fingerprint density at radius 1 is 0.513 bits per heavy atom. The highest BCUT2D eigenvalue weighted by Crippen LogP contribution is 2.24. The molecular weight excluding hydrogens is 498 g/mol. The first-order valence-corrected chi connectivity index (χ1v) is 13.9. The summed E-state index contributed by atoms with van der Waals surface area (Å²) >= 11 is 0. The minimum absolute atomic E-state index is 0.174. The van der Waals surface area contributed by atoms with Crippen molar-refractivity contribution in [3.63, 3.8) is 0 Å². The van der Waals surface area contributed by atoms with Crippen molar-refractivity contribution in [1.82, 2.24) is 0 Å². The van der Waals surface area contributed by atoms with Crippen LogP contribution < -0.4 is 16.0 Å². The van der Waals surface area contributed by atoms with Crippen molar-refractivity contribution in [1.29, 1.82) is 0 Å². The van der Waals surface area contributed by atoms with Gasteiger partial charge < -0.3 is 30.2 Å². The average molecular weight is 550 g/mol. The molecule has 9 nitrogen and oxygen atoms in total. The molecule has 0 aliphatic heterocycles. The third kappa shape index (κ3) is 19.3. The van der Waals surface area contributed by atoms with Crippen molar-refractivity contribution in [3.8, 4) is 0 Å². The van der Waals surface area contributed by atoms with Crippen LogP contribution in [0.1, 0.15) is 101 Å². The van der Waals surface area contributed by atoms with Crippen LogP contribution in [0.25, 0.3) is 0 Å². The van der Waals surface area contributed by atoms with E-state index in [1.54, 1.807) is 18.2 Å². The Labute approximate surface area is 235 Å². The molecule has 1 rings (SSSR count). The minimum Gasteiger partial charge on any atom is -0.376 e. The standard InChI is InChI=1S/C30H51N3O6/c1-28(2,3)37-16-10-13-25(34)31-22-19-23(32-26(35)14-11-17-38-29(4,5)6)21-24(20-22)33-27(36)15-12-18-39-30(7,8)9/h19-21H,10-18H2,1-9H3,(H,31,34)(H,32,35)(H,33,36). The summed E-state index contributed by atoms with van der Waals surface area (Å²) in [6, 6.07) is 5.04. The summed E-state index contributed by atoms with van der Waals surface area (Å²) in [6.07, 6.45) is 2.60. The van der Waals surface area contributed by atoms with Gasteiger partial charge in [-0.25, -0.2) is 0 Å². The van der Waals surface area contributed by atoms with Crippen molar-refractivity contribution < 1.29 is 28.6 Å². The Kier molecular flexibility index (Phi) is 14.1. The van der Waals surface area contributed by atoms with Gasteiger partial charge in [0.2, 0.25) is 17.7 Å². The van der Waals surface area contributed by atoms with Crippen molar-refractivity contribution in [3.05, 3.63) is 18.2 Å². The molecule has 0 bridgehead atoms. The number of ether oxygens (including phenoxy) is 3. The molecule has 0 saturated carbocycles. The van der Waals surface area contributed by atoms with Gasteiger partial charge >= 0.3 is 0 Å². The Morgan fingerprint density at radius 3 is 0.949 bits per heavy atom. The Balaban J connectivity index is 2.81. The number of carbonyl (C=O) groups is 3. The summed E-state index contributed by atoms with van der Waals surface area (Å²) in [6.45, 7) is 19.2. The molecule has 1 aromatic rings. The lowest BCUT2D eigenvalue weighted by atomic mass is 10.2. The van der Waals surface area contributed by atoms with E-state index in [0.717, 1.165) is 0 Å². The molecule has 3 N–H and O–H groups in total. The van der Waals surface area contributed by atoms with Gasteiger partial charge in [-0.15, -0.1) is 0 Å². The molecule has 0 heterocycles. The van der Waals surface area contributed by atoms with E-state index in [4.69, 9.17) is 14.2 Å². The molecule has 9 heteroatoms. The van der Waals surface area contributed by atoms with E-state index in [1.165, 1.54) is 0 Å². The van der Waals surface area contributed by atoms with E-state index in [1.807, 2.05) is 62.3 Å². The highest BCUT2D eigenvalue weighted by atomic mass is 16.5. The topological polar surface area (TPSA) is 115 Å². The van der Waals surface area contributed by atoms with Crippen LogP contribution in [0.4, 0.5) is 17.1 Å². The molecule has 0 aliphatic carbocycles. The molecule has 0 radical (unpaired) electrons. The van der Waals surface area contributed by atoms with Gasteiger partial charge in [0, 0.05) is 56.1 Å². The first kappa shape index (κ1) is 34.5. The second kappa shape index (κ2) is 15.9. The van der Waals surface area contributed by atoms with E-state index in [9.17, 15) is 14.4 Å². The van der Waals surface area contributed by atoms with E-state index in [2.05, 4.69) is 16.0 Å². The fraction of sp³-hybridized carbons (Fsp3) is 0.700. The molecule has 39 heavy (non-hydrogen) atoms. The number of hydrogen-bond donors (Lipinski definition) is 3. The van der Waals surface area contributed by atoms with Crippen molar-refractivity contribution in [2.45, 2.75) is 118 Å². The zero-order chi connectivity index (χ0) is 29.7. The summed E-state index contributed by atoms with van der Waals surface area (Å²) in [5.74, 6) is -0.522. The van der Waals surface area contributed by atoms with E-state index >= 15 is 0 Å². The van der Waals surface area contributed by atoms with Gasteiger partial charge in [0.15, 0.2) is 0 Å². The average Bonchev–Trinajstić information content (AvgIpc) is 2.75. The Hall–Kier alpha value is -2.49. The summed E-state index contributed by atoms with van der Waals surface area (Å²) in [4.78, 5) is 37.6. The SMILES string of the molecule is CC(C)(C)OCCCC(=O)Nc1cc(NC(=O)CCCOC(C)(C)C)cc(NC(=O)CCCOC(C)(C)C)c1. The first-order chi connectivity index (χ1) is 17.9. The third-order valence-corrected chi connectivity index (χ3v) is 5.03. The molecule has 0 atom stereocenters. The molecule has 0 saturated heterocycles. The molecule has 0 fully saturated rings. The number of hydrogen-bond acceptors (Lipinski definition) is 6. The monoisotopic (exact) mass is 549 g/mol. The molecule has 0 spiro atoms. The van der Waals surface area contributed by atoms with Crippen molar-refractivity contribution in [2.75, 3.05) is 35.8 Å². The second-order valence-corrected chi connectivity index (χ2v) is 12.6. The molecule has 1 aromatic carbocycles. The van der Waals surface area contributed by atoms with Crippen LogP contribution >= 0.6 is 0 Å². The number of rotatable bonds is 15. The van der Waals surface area contributed by atoms with Crippen LogP contribution in [0.2, 0.25) is 0 Å². The molecule has 0 aliphatic rings. The zero-order valence-corrected chi connectivity index (χ0v) is 25.5. The molecular formula is C30H51N3O6. The lowest BCUT2D eigenvalue weighted by Gasteiger charge is -2.19. The highest BCUT2D eigenvalue weighted by Gasteiger charge is 2.14. The van der Waals surface area contributed by atoms with Gasteiger partial charge in [-0.2, -0.15) is 0 Å². The van der Waals surface area contributed by atoms with Crippen LogP contribution in [-0.2, 0) is 28.6 Å². The van der Waals surface area contributed by atoms with Gasteiger partial charge in [-0.05, 0) is 99.8 Å². The predicted molar refractivity (Wildman–Crippen MR) is 157 cm³/mol. The highest BCUT2D eigenvalue weighted by molar-refractivity contribution is 5.97. The Bertz CT molecular complexity index is 795. The number of benzene rings is 1. The maximum Gasteiger partial charge on any atom is 0.224 e. The largest absolute Gasteiger partial charge is 0.376 e. The molecule has 3 amide bonds. The lowest BCUT2D eigenvalue weighted by Crippen LogP contribution is -2.21. The smallest absolute Gasteiger partial charge is 0.224 e. The molecule has 0 unspecified atom stereocenters. The number of anilines is 3. The van der Waals surface area contributed by atoms with Crippen LogP contribution in [0.5, 0.6) is 0 Å². The summed E-state index contributed by atoms with van der Waals surface area (Å²) in [7, 11) is 0.